The van der Waals surface area contributed by atoms with Crippen LogP contribution in [0.25, 0.3) is 0 Å². The highest BCUT2D eigenvalue weighted by Crippen LogP contribution is 2.04. The molecule has 2 N–H and O–H groups in total. The molecule has 144 valence electrons. The number of aliphatic hydroxyl groups excluding tert-OH is 1. The lowest BCUT2D eigenvalue weighted by Crippen LogP contribution is -2.47. The van der Waals surface area contributed by atoms with Crippen molar-refractivity contribution in [2.45, 2.75) is 71.8 Å². The average molecular weight is 356 g/mol. The highest BCUT2D eigenvalue weighted by molar-refractivity contribution is 5.85. The van der Waals surface area contributed by atoms with Crippen molar-refractivity contribution in [1.82, 2.24) is 10.4 Å². The number of hydrogen-bond donors (Lipinski definition) is 2. The molecule has 2 amide bonds. The molecule has 0 saturated heterocycles. The van der Waals surface area contributed by atoms with Gasteiger partial charge in [-0.2, -0.15) is 0 Å². The maximum atomic E-state index is 12.4. The van der Waals surface area contributed by atoms with E-state index in [1.54, 1.807) is 6.08 Å². The first-order chi connectivity index (χ1) is 12.0. The smallest absolute Gasteiger partial charge is 0.278 e. The molecule has 0 radical (unpaired) electrons. The van der Waals surface area contributed by atoms with Gasteiger partial charge in [0.05, 0.1) is 6.61 Å². The van der Waals surface area contributed by atoms with E-state index >= 15 is 0 Å². The van der Waals surface area contributed by atoms with Crippen LogP contribution in [0.5, 0.6) is 0 Å². The van der Waals surface area contributed by atoms with Crippen LogP contribution in [-0.4, -0.2) is 46.0 Å². The molecular weight excluding hydrogens is 324 g/mol. The molecule has 0 aromatic heterocycles. The topological polar surface area (TPSA) is 108 Å². The van der Waals surface area contributed by atoms with Crippen molar-refractivity contribution in [3.8, 4) is 0 Å². The molecule has 1 atom stereocenters. The molecule has 8 nitrogen and oxygen atoms in total. The Kier molecular flexibility index (Phi) is 13.3. The third kappa shape index (κ3) is 11.3. The maximum Gasteiger partial charge on any atom is 0.278 e. The minimum absolute atomic E-state index is 0.177. The van der Waals surface area contributed by atoms with E-state index in [1.165, 1.54) is 13.1 Å². The molecule has 0 aliphatic rings. The molecule has 0 spiro atoms. The highest BCUT2D eigenvalue weighted by atomic mass is 16.5. The van der Waals surface area contributed by atoms with Crippen molar-refractivity contribution in [2.75, 3.05) is 13.2 Å². The van der Waals surface area contributed by atoms with Gasteiger partial charge < -0.3 is 10.3 Å². The van der Waals surface area contributed by atoms with Gasteiger partial charge in [0.1, 0.15) is 0 Å². The molecule has 25 heavy (non-hydrogen) atoms. The van der Waals surface area contributed by atoms with Crippen LogP contribution in [0.1, 0.15) is 65.7 Å². The van der Waals surface area contributed by atoms with E-state index in [0.717, 1.165) is 43.5 Å². The molecule has 0 heterocycles. The summed E-state index contributed by atoms with van der Waals surface area (Å²) in [6.45, 7) is 4.97. The predicted octanol–water partition coefficient (Wildman–Crippen LogP) is 2.47. The first-order valence-electron chi connectivity index (χ1n) is 8.99. The maximum absolute atomic E-state index is 12.4. The number of hydroxylamine groups is 1. The van der Waals surface area contributed by atoms with Crippen LogP contribution in [-0.2, 0) is 9.59 Å². The van der Waals surface area contributed by atoms with E-state index in [0.29, 0.717) is 11.3 Å². The Morgan fingerprint density at radius 2 is 1.92 bits per heavy atom. The monoisotopic (exact) mass is 356 g/mol. The van der Waals surface area contributed by atoms with Crippen molar-refractivity contribution in [2.24, 2.45) is 5.11 Å². The van der Waals surface area contributed by atoms with Crippen LogP contribution < -0.4 is 5.43 Å². The van der Waals surface area contributed by atoms with Gasteiger partial charge in [0.25, 0.3) is 5.91 Å². The van der Waals surface area contributed by atoms with Gasteiger partial charge in [-0.1, -0.05) is 50.5 Å². The second-order valence-electron chi connectivity index (χ2n) is 5.85. The lowest BCUT2D eigenvalue weighted by Gasteiger charge is -2.20. The molecule has 0 aromatic carbocycles. The summed E-state index contributed by atoms with van der Waals surface area (Å²) in [5.74, 6) is -1.08. The summed E-state index contributed by atoms with van der Waals surface area (Å²) in [5.41, 5.74) is 2.37. The molecule has 0 aromatic rings. The van der Waals surface area contributed by atoms with Gasteiger partial charge in [0, 0.05) is 19.5 Å². The Hall–Kier alpha value is -1.96. The summed E-state index contributed by atoms with van der Waals surface area (Å²) >= 11 is 0. The molecular formula is C17H32N4O4. The third-order valence-corrected chi connectivity index (χ3v) is 3.42. The number of carbonyl (C=O) groups is 2. The number of azo groups is 1. The number of rotatable bonds is 12. The first-order valence-corrected chi connectivity index (χ1v) is 8.99. The number of hydrogen-bond acceptors (Lipinski definition) is 5. The summed E-state index contributed by atoms with van der Waals surface area (Å²) in [5, 5.41) is 25.9. The number of hydrazine groups is 1. The molecule has 0 rings (SSSR count). The minimum atomic E-state index is -1.24. The van der Waals surface area contributed by atoms with Gasteiger partial charge in [-0.05, 0) is 18.0 Å². The second kappa shape index (κ2) is 14.4. The fourth-order valence-electron chi connectivity index (χ4n) is 2.05. The molecule has 0 unspecified atom stereocenters. The number of nitrogens with one attached hydrogen (secondary N) is 1. The predicted molar refractivity (Wildman–Crippen MR) is 95.3 cm³/mol. The fraction of sp³-hybridized carbons (Fsp3) is 0.765. The zero-order chi connectivity index (χ0) is 19.1. The quantitative estimate of drug-likeness (QED) is 0.242. The fourth-order valence-corrected chi connectivity index (χ4v) is 2.05. The highest BCUT2D eigenvalue weighted by Gasteiger charge is 2.26. The van der Waals surface area contributed by atoms with E-state index in [4.69, 9.17) is 0 Å². The van der Waals surface area contributed by atoms with Gasteiger partial charge >= 0.3 is 0 Å². The molecule has 0 fully saturated rings. The Bertz CT molecular complexity index is 452. The number of unbranched alkanes of at least 4 members (excludes halogenated alkanes) is 5. The number of amides is 2. The first kappa shape index (κ1) is 23.0. The van der Waals surface area contributed by atoms with Gasteiger partial charge in [-0.15, -0.1) is 0 Å². The number of aliphatic hydroxyl groups is 1. The molecule has 8 heteroatoms. The van der Waals surface area contributed by atoms with Crippen LogP contribution in [0.3, 0.4) is 0 Å². The summed E-state index contributed by atoms with van der Waals surface area (Å²) < 4.78 is 0. The van der Waals surface area contributed by atoms with Crippen molar-refractivity contribution in [3.63, 3.8) is 0 Å². The van der Waals surface area contributed by atoms with Gasteiger partial charge in [0.15, 0.2) is 6.54 Å². The number of carbonyl (C=O) groups excluding carboxylic acids is 2. The Morgan fingerprint density at radius 3 is 2.48 bits per heavy atom. The number of allylic oxidation sites excluding steroid dienone is 1. The Morgan fingerprint density at radius 1 is 1.24 bits per heavy atom. The summed E-state index contributed by atoms with van der Waals surface area (Å²) in [6, 6.07) is -1.24. The van der Waals surface area contributed by atoms with Crippen molar-refractivity contribution >= 4 is 11.8 Å². The van der Waals surface area contributed by atoms with E-state index in [1.807, 2.05) is 0 Å². The van der Waals surface area contributed by atoms with Crippen molar-refractivity contribution in [1.29, 1.82) is 0 Å². The largest absolute Gasteiger partial charge is 0.600 e. The van der Waals surface area contributed by atoms with Crippen LogP contribution >= 0.6 is 0 Å². The van der Waals surface area contributed by atoms with E-state index in [-0.39, 0.29) is 6.54 Å². The van der Waals surface area contributed by atoms with Gasteiger partial charge in [-0.25, -0.2) is 5.01 Å². The van der Waals surface area contributed by atoms with Crippen molar-refractivity contribution in [3.05, 3.63) is 17.5 Å². The summed E-state index contributed by atoms with van der Waals surface area (Å²) in [4.78, 5) is 24.2. The standard InChI is InChI=1S/C17H32N4O4/c1-4-6-8-10-12-20(18-15(3)23)17(24)16(14-22)19-21(25)13-11-9-7-5-2/h10,12,16,22H,4-9,11,13-14H2,1-3H3,(H,18,23)/b12-10-,21-19?/t16-/m0/s1. The van der Waals surface area contributed by atoms with Crippen LogP contribution in [0.4, 0.5) is 0 Å². The van der Waals surface area contributed by atoms with Crippen LogP contribution in [0.15, 0.2) is 17.4 Å². The average Bonchev–Trinajstić information content (AvgIpc) is 2.58. The van der Waals surface area contributed by atoms with E-state index < -0.39 is 24.5 Å². The second-order valence-corrected chi connectivity index (χ2v) is 5.85. The zero-order valence-corrected chi connectivity index (χ0v) is 15.6. The molecule has 0 aliphatic heterocycles. The zero-order valence-electron chi connectivity index (χ0n) is 15.6. The van der Waals surface area contributed by atoms with Gasteiger partial charge in [-0.3, -0.25) is 15.0 Å². The Labute approximate surface area is 150 Å². The lowest BCUT2D eigenvalue weighted by atomic mass is 10.2. The van der Waals surface area contributed by atoms with Crippen LogP contribution in [0, 0.1) is 5.21 Å². The third-order valence-electron chi connectivity index (χ3n) is 3.42. The normalized spacial score (nSPS) is 13.0. The lowest BCUT2D eigenvalue weighted by molar-refractivity contribution is -0.533. The number of nitrogens with zero attached hydrogens (tertiary/aromatic N) is 3. The minimum Gasteiger partial charge on any atom is -0.600 e. The molecule has 0 bridgehead atoms. The SMILES string of the molecule is CCCC/C=C\N(NC(C)=O)C(=O)[C@H](CO)N=[N+]([O-])CCCCCC. The summed E-state index contributed by atoms with van der Waals surface area (Å²) in [7, 11) is 0. The van der Waals surface area contributed by atoms with Gasteiger partial charge in [0.2, 0.25) is 11.9 Å². The Balaban J connectivity index is 4.88. The summed E-state index contributed by atoms with van der Waals surface area (Å²) in [6.07, 6.45) is 9.61. The van der Waals surface area contributed by atoms with E-state index in [9.17, 15) is 19.9 Å². The van der Waals surface area contributed by atoms with Crippen molar-refractivity contribution < 1.29 is 19.6 Å². The molecule has 0 aliphatic carbocycles. The van der Waals surface area contributed by atoms with E-state index in [2.05, 4.69) is 24.4 Å². The molecule has 0 saturated carbocycles. The van der Waals surface area contributed by atoms with Crippen LogP contribution in [0.2, 0.25) is 0 Å².